The van der Waals surface area contributed by atoms with Gasteiger partial charge in [0.15, 0.2) is 11.4 Å². The van der Waals surface area contributed by atoms with Crippen LogP contribution in [0, 0.1) is 5.92 Å². The zero-order valence-electron chi connectivity index (χ0n) is 17.0. The largest absolute Gasteiger partial charge is 0.463 e. The SMILES string of the molecule is CCCCc1nc(Cl)c(C=O)n1CCOC(=O)C(c1ccccc1)C1CCCC1. The van der Waals surface area contributed by atoms with Crippen LogP contribution in [-0.2, 0) is 22.5 Å². The number of benzene rings is 1. The summed E-state index contributed by atoms with van der Waals surface area (Å²) >= 11 is 6.12. The number of unbranched alkanes of at least 4 members (excludes halogenated alkanes) is 1. The normalized spacial score (nSPS) is 15.4. The zero-order chi connectivity index (χ0) is 20.6. The smallest absolute Gasteiger partial charge is 0.313 e. The Morgan fingerprint density at radius 2 is 2.03 bits per heavy atom. The fraction of sp³-hybridized carbons (Fsp3) is 0.522. The minimum Gasteiger partial charge on any atom is -0.463 e. The second-order valence-corrected chi connectivity index (χ2v) is 8.04. The van der Waals surface area contributed by atoms with Crippen molar-refractivity contribution >= 4 is 23.9 Å². The average molecular weight is 417 g/mol. The first-order chi connectivity index (χ1) is 14.2. The lowest BCUT2D eigenvalue weighted by Crippen LogP contribution is -2.24. The van der Waals surface area contributed by atoms with Crippen molar-refractivity contribution in [1.29, 1.82) is 0 Å². The number of nitrogens with zero attached hydrogens (tertiary/aromatic N) is 2. The molecule has 0 saturated heterocycles. The Hall–Kier alpha value is -2.14. The molecule has 1 atom stereocenters. The van der Waals surface area contributed by atoms with Gasteiger partial charge >= 0.3 is 5.97 Å². The Morgan fingerprint density at radius 3 is 2.69 bits per heavy atom. The molecule has 0 bridgehead atoms. The third kappa shape index (κ3) is 5.27. The van der Waals surface area contributed by atoms with E-state index in [-0.39, 0.29) is 23.6 Å². The second-order valence-electron chi connectivity index (χ2n) is 7.68. The van der Waals surface area contributed by atoms with Crippen LogP contribution in [0.5, 0.6) is 0 Å². The molecular weight excluding hydrogens is 388 g/mol. The Kier molecular flexibility index (Phi) is 7.87. The maximum absolute atomic E-state index is 13.0. The maximum atomic E-state index is 13.0. The molecule has 1 aromatic carbocycles. The summed E-state index contributed by atoms with van der Waals surface area (Å²) in [6.07, 6.45) is 7.89. The fourth-order valence-corrected chi connectivity index (χ4v) is 4.49. The highest BCUT2D eigenvalue weighted by atomic mass is 35.5. The first-order valence-corrected chi connectivity index (χ1v) is 10.9. The van der Waals surface area contributed by atoms with Crippen molar-refractivity contribution in [3.05, 3.63) is 52.6 Å². The number of aldehydes is 1. The van der Waals surface area contributed by atoms with E-state index in [9.17, 15) is 9.59 Å². The van der Waals surface area contributed by atoms with E-state index in [1.165, 1.54) is 0 Å². The summed E-state index contributed by atoms with van der Waals surface area (Å²) in [5, 5.41) is 0.213. The summed E-state index contributed by atoms with van der Waals surface area (Å²) in [4.78, 5) is 28.8. The molecule has 3 rings (SSSR count). The number of aromatic nitrogens is 2. The second kappa shape index (κ2) is 10.6. The molecule has 156 valence electrons. The number of halogens is 1. The molecular formula is C23H29ClN2O3. The van der Waals surface area contributed by atoms with E-state index in [0.717, 1.165) is 62.6 Å². The van der Waals surface area contributed by atoms with Crippen LogP contribution < -0.4 is 0 Å². The van der Waals surface area contributed by atoms with Gasteiger partial charge in [-0.15, -0.1) is 0 Å². The van der Waals surface area contributed by atoms with Gasteiger partial charge in [-0.2, -0.15) is 0 Å². The molecule has 0 aliphatic heterocycles. The number of esters is 1. The molecule has 1 aliphatic carbocycles. The van der Waals surface area contributed by atoms with Crippen molar-refractivity contribution in [1.82, 2.24) is 9.55 Å². The number of carbonyl (C=O) groups is 2. The van der Waals surface area contributed by atoms with E-state index in [0.29, 0.717) is 18.2 Å². The molecule has 1 fully saturated rings. The summed E-state index contributed by atoms with van der Waals surface area (Å²) < 4.78 is 7.48. The van der Waals surface area contributed by atoms with Crippen molar-refractivity contribution < 1.29 is 14.3 Å². The van der Waals surface area contributed by atoms with Gasteiger partial charge < -0.3 is 9.30 Å². The molecule has 1 aromatic heterocycles. The molecule has 6 heteroatoms. The standard InChI is InChI=1S/C23H29ClN2O3/c1-2-3-13-20-25-22(24)19(16-27)26(20)14-15-29-23(28)21(18-11-7-8-12-18)17-9-5-4-6-10-17/h4-6,9-10,16,18,21H,2-3,7-8,11-15H2,1H3. The van der Waals surface area contributed by atoms with Gasteiger partial charge in [0, 0.05) is 6.42 Å². The summed E-state index contributed by atoms with van der Waals surface area (Å²) in [5.41, 5.74) is 1.37. The van der Waals surface area contributed by atoms with E-state index < -0.39 is 0 Å². The van der Waals surface area contributed by atoms with Crippen molar-refractivity contribution in [2.45, 2.75) is 64.3 Å². The third-order valence-corrected chi connectivity index (χ3v) is 6.03. The molecule has 29 heavy (non-hydrogen) atoms. The van der Waals surface area contributed by atoms with Crippen LogP contribution >= 0.6 is 11.6 Å². The van der Waals surface area contributed by atoms with Crippen molar-refractivity contribution in [3.8, 4) is 0 Å². The number of hydrogen-bond acceptors (Lipinski definition) is 4. The highest BCUT2D eigenvalue weighted by Crippen LogP contribution is 2.38. The Labute approximate surface area is 177 Å². The lowest BCUT2D eigenvalue weighted by atomic mass is 9.85. The van der Waals surface area contributed by atoms with Crippen LogP contribution in [0.25, 0.3) is 0 Å². The van der Waals surface area contributed by atoms with Gasteiger partial charge in [-0.3, -0.25) is 9.59 Å². The molecule has 1 saturated carbocycles. The van der Waals surface area contributed by atoms with Crippen LogP contribution in [-0.4, -0.2) is 28.4 Å². The molecule has 0 amide bonds. The van der Waals surface area contributed by atoms with Crippen molar-refractivity contribution in [3.63, 3.8) is 0 Å². The molecule has 0 spiro atoms. The lowest BCUT2D eigenvalue weighted by Gasteiger charge is -2.22. The number of hydrogen-bond donors (Lipinski definition) is 0. The van der Waals surface area contributed by atoms with Gasteiger partial charge in [-0.05, 0) is 30.7 Å². The van der Waals surface area contributed by atoms with Gasteiger partial charge in [0.2, 0.25) is 0 Å². The first-order valence-electron chi connectivity index (χ1n) is 10.6. The third-order valence-electron chi connectivity index (χ3n) is 5.75. The number of aryl methyl sites for hydroxylation is 1. The van der Waals surface area contributed by atoms with E-state index in [1.54, 1.807) is 4.57 Å². The molecule has 2 aromatic rings. The van der Waals surface area contributed by atoms with Crippen LogP contribution in [0.2, 0.25) is 5.15 Å². The quantitative estimate of drug-likeness (QED) is 0.394. The predicted octanol–water partition coefficient (Wildman–Crippen LogP) is 5.21. The van der Waals surface area contributed by atoms with E-state index >= 15 is 0 Å². The average Bonchev–Trinajstić information content (AvgIpc) is 3.35. The van der Waals surface area contributed by atoms with Gasteiger partial charge in [0.1, 0.15) is 18.1 Å². The van der Waals surface area contributed by atoms with E-state index in [1.807, 2.05) is 30.3 Å². The maximum Gasteiger partial charge on any atom is 0.313 e. The van der Waals surface area contributed by atoms with Gasteiger partial charge in [-0.1, -0.05) is 68.1 Å². The summed E-state index contributed by atoms with van der Waals surface area (Å²) in [6.45, 7) is 2.68. The monoisotopic (exact) mass is 416 g/mol. The Bertz CT molecular complexity index is 813. The molecule has 1 heterocycles. The van der Waals surface area contributed by atoms with Gasteiger partial charge in [0.05, 0.1) is 12.5 Å². The molecule has 5 nitrogen and oxygen atoms in total. The highest BCUT2D eigenvalue weighted by molar-refractivity contribution is 6.31. The van der Waals surface area contributed by atoms with E-state index in [2.05, 4.69) is 11.9 Å². The number of carbonyl (C=O) groups excluding carboxylic acids is 2. The van der Waals surface area contributed by atoms with Crippen LogP contribution in [0.15, 0.2) is 30.3 Å². The van der Waals surface area contributed by atoms with Crippen LogP contribution in [0.4, 0.5) is 0 Å². The van der Waals surface area contributed by atoms with E-state index in [4.69, 9.17) is 16.3 Å². The highest BCUT2D eigenvalue weighted by Gasteiger charge is 2.33. The zero-order valence-corrected chi connectivity index (χ0v) is 17.7. The lowest BCUT2D eigenvalue weighted by molar-refractivity contribution is -0.147. The number of rotatable bonds is 10. The van der Waals surface area contributed by atoms with Crippen LogP contribution in [0.1, 0.15) is 73.2 Å². The Morgan fingerprint density at radius 1 is 1.31 bits per heavy atom. The van der Waals surface area contributed by atoms with Crippen molar-refractivity contribution in [2.75, 3.05) is 6.61 Å². The summed E-state index contributed by atoms with van der Waals surface area (Å²) in [6, 6.07) is 9.91. The molecule has 0 radical (unpaired) electrons. The fourth-order valence-electron chi connectivity index (χ4n) is 4.25. The summed E-state index contributed by atoms with van der Waals surface area (Å²) in [5.74, 6) is 0.691. The topological polar surface area (TPSA) is 61.2 Å². The number of ether oxygens (including phenoxy) is 1. The van der Waals surface area contributed by atoms with Crippen molar-refractivity contribution in [2.24, 2.45) is 5.92 Å². The van der Waals surface area contributed by atoms with Gasteiger partial charge in [0.25, 0.3) is 0 Å². The van der Waals surface area contributed by atoms with Crippen LogP contribution in [0.3, 0.4) is 0 Å². The molecule has 0 N–H and O–H groups in total. The summed E-state index contributed by atoms with van der Waals surface area (Å²) in [7, 11) is 0. The van der Waals surface area contributed by atoms with Gasteiger partial charge in [-0.25, -0.2) is 4.98 Å². The molecule has 1 unspecified atom stereocenters. The predicted molar refractivity (Wildman–Crippen MR) is 113 cm³/mol. The molecule has 1 aliphatic rings. The first kappa shape index (κ1) is 21.6. The Balaban J connectivity index is 1.68. The number of imidazole rings is 1. The minimum atomic E-state index is -0.227. The minimum absolute atomic E-state index is 0.183.